The molecule has 4 nitrogen and oxygen atoms in total. The number of hydrogen-bond acceptors (Lipinski definition) is 3. The number of carbonyl (C=O) groups is 1. The molecule has 0 spiro atoms. The third kappa shape index (κ3) is 2.36. The van der Waals surface area contributed by atoms with Gasteiger partial charge in [-0.05, 0) is 24.6 Å². The molecule has 0 amide bonds. The van der Waals surface area contributed by atoms with Crippen molar-refractivity contribution in [1.29, 1.82) is 0 Å². The highest BCUT2D eigenvalue weighted by atomic mass is 16.5. The van der Waals surface area contributed by atoms with E-state index in [1.807, 2.05) is 22.9 Å². The maximum Gasteiger partial charge on any atom is 0.337 e. The zero-order valence-corrected chi connectivity index (χ0v) is 9.88. The summed E-state index contributed by atoms with van der Waals surface area (Å²) in [4.78, 5) is 15.7. The lowest BCUT2D eigenvalue weighted by atomic mass is 10.2. The van der Waals surface area contributed by atoms with Crippen molar-refractivity contribution in [3.05, 3.63) is 48.0 Å². The molecule has 0 aliphatic carbocycles. The molecule has 0 N–H and O–H groups in total. The second-order valence-corrected chi connectivity index (χ2v) is 3.67. The Morgan fingerprint density at radius 3 is 2.94 bits per heavy atom. The van der Waals surface area contributed by atoms with E-state index in [9.17, 15) is 4.79 Å². The highest BCUT2D eigenvalue weighted by Gasteiger charge is 2.06. The van der Waals surface area contributed by atoms with Crippen molar-refractivity contribution in [3.8, 4) is 5.69 Å². The first-order valence-corrected chi connectivity index (χ1v) is 5.46. The van der Waals surface area contributed by atoms with Crippen LogP contribution in [0.1, 0.15) is 23.0 Å². The normalized spacial score (nSPS) is 10.2. The van der Waals surface area contributed by atoms with Crippen molar-refractivity contribution >= 4 is 5.97 Å². The second-order valence-electron chi connectivity index (χ2n) is 3.67. The Morgan fingerprint density at radius 1 is 1.47 bits per heavy atom. The van der Waals surface area contributed by atoms with Crippen LogP contribution in [0.25, 0.3) is 5.69 Å². The number of imidazole rings is 1. The number of ether oxygens (including phenoxy) is 1. The van der Waals surface area contributed by atoms with E-state index in [4.69, 9.17) is 0 Å². The van der Waals surface area contributed by atoms with Crippen molar-refractivity contribution < 1.29 is 9.53 Å². The van der Waals surface area contributed by atoms with E-state index in [0.29, 0.717) is 5.56 Å². The fourth-order valence-electron chi connectivity index (χ4n) is 1.60. The Kier molecular flexibility index (Phi) is 3.23. The van der Waals surface area contributed by atoms with Gasteiger partial charge in [0.2, 0.25) is 0 Å². The summed E-state index contributed by atoms with van der Waals surface area (Å²) in [7, 11) is 1.38. The van der Waals surface area contributed by atoms with Crippen LogP contribution in [0.2, 0.25) is 0 Å². The summed E-state index contributed by atoms with van der Waals surface area (Å²) in [6.45, 7) is 2.05. The number of benzene rings is 1. The van der Waals surface area contributed by atoms with E-state index < -0.39 is 0 Å². The van der Waals surface area contributed by atoms with Crippen LogP contribution in [0.15, 0.2) is 36.8 Å². The van der Waals surface area contributed by atoms with Gasteiger partial charge in [-0.1, -0.05) is 13.0 Å². The fourth-order valence-corrected chi connectivity index (χ4v) is 1.60. The Balaban J connectivity index is 2.35. The first kappa shape index (κ1) is 11.4. The average Bonchev–Trinajstić information content (AvgIpc) is 2.86. The Morgan fingerprint density at radius 2 is 2.29 bits per heavy atom. The van der Waals surface area contributed by atoms with Crippen LogP contribution in [0.3, 0.4) is 0 Å². The van der Waals surface area contributed by atoms with E-state index in [-0.39, 0.29) is 5.97 Å². The first-order valence-electron chi connectivity index (χ1n) is 5.46. The van der Waals surface area contributed by atoms with Gasteiger partial charge in [0.05, 0.1) is 24.7 Å². The summed E-state index contributed by atoms with van der Waals surface area (Å²) in [5.74, 6) is -0.331. The minimum Gasteiger partial charge on any atom is -0.465 e. The molecule has 0 saturated heterocycles. The number of carbonyl (C=O) groups excluding carboxylic acids is 1. The van der Waals surface area contributed by atoms with Crippen LogP contribution in [0, 0.1) is 0 Å². The van der Waals surface area contributed by atoms with Crippen LogP contribution in [-0.2, 0) is 11.2 Å². The average molecular weight is 230 g/mol. The topological polar surface area (TPSA) is 44.1 Å². The van der Waals surface area contributed by atoms with Gasteiger partial charge < -0.3 is 9.30 Å². The summed E-state index contributed by atoms with van der Waals surface area (Å²) in [5.41, 5.74) is 2.46. The summed E-state index contributed by atoms with van der Waals surface area (Å²) in [5, 5.41) is 0. The molecule has 0 bridgehead atoms. The van der Waals surface area contributed by atoms with Gasteiger partial charge in [0.1, 0.15) is 0 Å². The van der Waals surface area contributed by atoms with E-state index in [1.165, 1.54) is 7.11 Å². The molecule has 0 aliphatic heterocycles. The molecule has 0 radical (unpaired) electrons. The Labute approximate surface area is 99.9 Å². The van der Waals surface area contributed by atoms with Crippen molar-refractivity contribution in [1.82, 2.24) is 9.55 Å². The molecule has 1 aromatic heterocycles. The van der Waals surface area contributed by atoms with Crippen molar-refractivity contribution in [2.75, 3.05) is 7.11 Å². The lowest BCUT2D eigenvalue weighted by molar-refractivity contribution is 0.0600. The van der Waals surface area contributed by atoms with Gasteiger partial charge in [0, 0.05) is 11.9 Å². The lowest BCUT2D eigenvalue weighted by Crippen LogP contribution is -2.02. The summed E-state index contributed by atoms with van der Waals surface area (Å²) < 4.78 is 6.58. The van der Waals surface area contributed by atoms with Crippen molar-refractivity contribution in [2.24, 2.45) is 0 Å². The van der Waals surface area contributed by atoms with E-state index in [2.05, 4.69) is 16.6 Å². The number of aryl methyl sites for hydroxylation is 1. The highest BCUT2D eigenvalue weighted by molar-refractivity contribution is 5.89. The predicted molar refractivity (Wildman–Crippen MR) is 64.3 cm³/mol. The minimum absolute atomic E-state index is 0.331. The first-order chi connectivity index (χ1) is 8.24. The van der Waals surface area contributed by atoms with Crippen molar-refractivity contribution in [3.63, 3.8) is 0 Å². The number of rotatable bonds is 3. The Bertz CT molecular complexity index is 532. The number of esters is 1. The SMILES string of the molecule is CCc1cn(-c2cccc(C(=O)OC)c2)cn1. The van der Waals surface area contributed by atoms with Gasteiger partial charge in [-0.2, -0.15) is 0 Å². The molecular formula is C13H14N2O2. The molecule has 0 aliphatic rings. The molecule has 0 atom stereocenters. The molecule has 17 heavy (non-hydrogen) atoms. The van der Waals surface area contributed by atoms with Gasteiger partial charge in [0.15, 0.2) is 0 Å². The third-order valence-corrected chi connectivity index (χ3v) is 2.56. The molecule has 88 valence electrons. The molecule has 1 aromatic carbocycles. The van der Waals surface area contributed by atoms with Crippen LogP contribution < -0.4 is 0 Å². The van der Waals surface area contributed by atoms with E-state index in [1.54, 1.807) is 18.5 Å². The van der Waals surface area contributed by atoms with E-state index in [0.717, 1.165) is 17.8 Å². The summed E-state index contributed by atoms with van der Waals surface area (Å²) in [6.07, 6.45) is 4.59. The lowest BCUT2D eigenvalue weighted by Gasteiger charge is -2.04. The molecule has 1 heterocycles. The van der Waals surface area contributed by atoms with Gasteiger partial charge in [-0.25, -0.2) is 9.78 Å². The maximum atomic E-state index is 11.4. The third-order valence-electron chi connectivity index (χ3n) is 2.56. The largest absolute Gasteiger partial charge is 0.465 e. The number of nitrogens with zero attached hydrogens (tertiary/aromatic N) is 2. The molecule has 2 rings (SSSR count). The molecule has 2 aromatic rings. The zero-order chi connectivity index (χ0) is 12.3. The molecular weight excluding hydrogens is 216 g/mol. The van der Waals surface area contributed by atoms with Gasteiger partial charge >= 0.3 is 5.97 Å². The standard InChI is InChI=1S/C13H14N2O2/c1-3-11-8-15(9-14-11)12-6-4-5-10(7-12)13(16)17-2/h4-9H,3H2,1-2H3. The van der Waals surface area contributed by atoms with Gasteiger partial charge in [-0.15, -0.1) is 0 Å². The molecule has 0 unspecified atom stereocenters. The van der Waals surface area contributed by atoms with Crippen LogP contribution >= 0.6 is 0 Å². The molecule has 0 fully saturated rings. The monoisotopic (exact) mass is 230 g/mol. The maximum absolute atomic E-state index is 11.4. The van der Waals surface area contributed by atoms with Crippen LogP contribution in [0.5, 0.6) is 0 Å². The summed E-state index contributed by atoms with van der Waals surface area (Å²) >= 11 is 0. The number of hydrogen-bond donors (Lipinski definition) is 0. The zero-order valence-electron chi connectivity index (χ0n) is 9.88. The molecule has 4 heteroatoms. The van der Waals surface area contributed by atoms with Gasteiger partial charge in [-0.3, -0.25) is 0 Å². The predicted octanol–water partition coefficient (Wildman–Crippen LogP) is 2.22. The highest BCUT2D eigenvalue weighted by Crippen LogP contribution is 2.12. The fraction of sp³-hybridized carbons (Fsp3) is 0.231. The van der Waals surface area contributed by atoms with Crippen LogP contribution in [-0.4, -0.2) is 22.6 Å². The summed E-state index contributed by atoms with van der Waals surface area (Å²) in [6, 6.07) is 7.26. The van der Waals surface area contributed by atoms with Gasteiger partial charge in [0.25, 0.3) is 0 Å². The number of methoxy groups -OCH3 is 1. The van der Waals surface area contributed by atoms with E-state index >= 15 is 0 Å². The minimum atomic E-state index is -0.331. The quantitative estimate of drug-likeness (QED) is 0.759. The Hall–Kier alpha value is -2.10. The molecule has 0 saturated carbocycles. The second kappa shape index (κ2) is 4.82. The number of aromatic nitrogens is 2. The van der Waals surface area contributed by atoms with Crippen LogP contribution in [0.4, 0.5) is 0 Å². The smallest absolute Gasteiger partial charge is 0.337 e. The van der Waals surface area contributed by atoms with Crippen molar-refractivity contribution in [2.45, 2.75) is 13.3 Å².